The van der Waals surface area contributed by atoms with Crippen LogP contribution in [0.5, 0.6) is 0 Å². The second-order valence-corrected chi connectivity index (χ2v) is 6.85. The first-order valence-electron chi connectivity index (χ1n) is 7.57. The largest absolute Gasteiger partial charge is 0.398 e. The normalized spacial score (nSPS) is 16.5. The third kappa shape index (κ3) is 5.64. The zero-order chi connectivity index (χ0) is 17.0. The molecule has 7 heteroatoms. The van der Waals surface area contributed by atoms with E-state index in [1.165, 1.54) is 0 Å². The number of carbonyl (C=O) groups excluding carboxylic acids is 1. The molecule has 1 aliphatic heterocycles. The van der Waals surface area contributed by atoms with Crippen molar-refractivity contribution in [3.8, 4) is 0 Å². The lowest BCUT2D eigenvalue weighted by atomic mass is 10.0. The second kappa shape index (κ2) is 7.47. The molecule has 1 aromatic rings. The summed E-state index contributed by atoms with van der Waals surface area (Å²) in [6.07, 6.45) is -2.58. The van der Waals surface area contributed by atoms with Gasteiger partial charge >= 0.3 is 6.18 Å². The van der Waals surface area contributed by atoms with Crippen LogP contribution >= 0.6 is 11.8 Å². The zero-order valence-electron chi connectivity index (χ0n) is 13.2. The number of thioether (sulfide) groups is 1. The van der Waals surface area contributed by atoms with Crippen molar-refractivity contribution in [3.63, 3.8) is 0 Å². The highest BCUT2D eigenvalue weighted by atomic mass is 32.2. The van der Waals surface area contributed by atoms with Gasteiger partial charge in [0.1, 0.15) is 0 Å². The number of nitrogens with zero attached hydrogens (tertiary/aromatic N) is 1. The van der Waals surface area contributed by atoms with Gasteiger partial charge in [-0.25, -0.2) is 0 Å². The van der Waals surface area contributed by atoms with E-state index in [4.69, 9.17) is 0 Å². The van der Waals surface area contributed by atoms with Crippen molar-refractivity contribution in [2.75, 3.05) is 24.2 Å². The molecule has 128 valence electrons. The van der Waals surface area contributed by atoms with Gasteiger partial charge in [-0.3, -0.25) is 4.79 Å². The summed E-state index contributed by atoms with van der Waals surface area (Å²) < 4.78 is 37.4. The van der Waals surface area contributed by atoms with E-state index in [1.807, 2.05) is 19.1 Å². The standard InChI is InChI=1S/C16H21F3N2OS/c1-11-3-4-15(23-10-16(17,18)19)14(9-11)20-13-5-7-21(8-6-13)12(2)22/h3-4,9,13,20H,5-8,10H2,1-2H3. The van der Waals surface area contributed by atoms with Crippen LogP contribution in [0.25, 0.3) is 0 Å². The number of benzene rings is 1. The van der Waals surface area contributed by atoms with Crippen molar-refractivity contribution in [3.05, 3.63) is 23.8 Å². The number of hydrogen-bond acceptors (Lipinski definition) is 3. The van der Waals surface area contributed by atoms with Crippen molar-refractivity contribution in [1.82, 2.24) is 4.90 Å². The molecule has 1 saturated heterocycles. The van der Waals surface area contributed by atoms with Gasteiger partial charge < -0.3 is 10.2 Å². The van der Waals surface area contributed by atoms with E-state index < -0.39 is 11.9 Å². The lowest BCUT2D eigenvalue weighted by Gasteiger charge is -2.32. The highest BCUT2D eigenvalue weighted by Gasteiger charge is 2.28. The molecule has 0 saturated carbocycles. The summed E-state index contributed by atoms with van der Waals surface area (Å²) in [4.78, 5) is 13.7. The predicted molar refractivity (Wildman–Crippen MR) is 86.9 cm³/mol. The molecular weight excluding hydrogens is 325 g/mol. The lowest BCUT2D eigenvalue weighted by Crippen LogP contribution is -2.41. The van der Waals surface area contributed by atoms with Gasteiger partial charge in [-0.2, -0.15) is 13.2 Å². The highest BCUT2D eigenvalue weighted by Crippen LogP contribution is 2.33. The molecule has 1 amide bonds. The Morgan fingerprint density at radius 1 is 1.35 bits per heavy atom. The summed E-state index contributed by atoms with van der Waals surface area (Å²) in [5.74, 6) is -0.825. The van der Waals surface area contributed by atoms with Gasteiger partial charge in [0.2, 0.25) is 5.91 Å². The maximum atomic E-state index is 12.5. The summed E-state index contributed by atoms with van der Waals surface area (Å²) in [6.45, 7) is 4.84. The van der Waals surface area contributed by atoms with E-state index in [0.29, 0.717) is 18.0 Å². The van der Waals surface area contributed by atoms with Crippen LogP contribution in [0.2, 0.25) is 0 Å². The first-order chi connectivity index (χ1) is 10.7. The molecule has 0 spiro atoms. The first kappa shape index (κ1) is 18.0. The van der Waals surface area contributed by atoms with Crippen LogP contribution in [0.3, 0.4) is 0 Å². The van der Waals surface area contributed by atoms with E-state index >= 15 is 0 Å². The van der Waals surface area contributed by atoms with E-state index in [2.05, 4.69) is 5.32 Å². The van der Waals surface area contributed by atoms with Crippen LogP contribution in [0.15, 0.2) is 23.1 Å². The molecule has 1 aliphatic rings. The van der Waals surface area contributed by atoms with Crippen molar-refractivity contribution in [2.24, 2.45) is 0 Å². The smallest absolute Gasteiger partial charge is 0.381 e. The van der Waals surface area contributed by atoms with Gasteiger partial charge in [0, 0.05) is 36.6 Å². The molecule has 23 heavy (non-hydrogen) atoms. The summed E-state index contributed by atoms with van der Waals surface area (Å²) in [7, 11) is 0. The number of carbonyl (C=O) groups is 1. The van der Waals surface area contributed by atoms with Gasteiger partial charge in [-0.15, -0.1) is 11.8 Å². The maximum absolute atomic E-state index is 12.5. The molecule has 1 aromatic carbocycles. The number of hydrogen-bond donors (Lipinski definition) is 1. The Balaban J connectivity index is 2.01. The fraction of sp³-hybridized carbons (Fsp3) is 0.562. The number of likely N-dealkylation sites (tertiary alicyclic amines) is 1. The van der Waals surface area contributed by atoms with Crippen molar-refractivity contribution < 1.29 is 18.0 Å². The number of amides is 1. The minimum Gasteiger partial charge on any atom is -0.381 e. The molecule has 2 rings (SSSR count). The molecule has 0 atom stereocenters. The SMILES string of the molecule is CC(=O)N1CCC(Nc2cc(C)ccc2SCC(F)(F)F)CC1. The number of alkyl halides is 3. The summed E-state index contributed by atoms with van der Waals surface area (Å²) in [5, 5.41) is 3.36. The Morgan fingerprint density at radius 3 is 2.57 bits per heavy atom. The molecule has 1 N–H and O–H groups in total. The second-order valence-electron chi connectivity index (χ2n) is 5.83. The average molecular weight is 346 g/mol. The van der Waals surface area contributed by atoms with Crippen LogP contribution in [0.1, 0.15) is 25.3 Å². The van der Waals surface area contributed by atoms with Gasteiger partial charge in [0.05, 0.1) is 5.75 Å². The first-order valence-corrected chi connectivity index (χ1v) is 8.55. The Bertz CT molecular complexity index is 555. The molecule has 0 aromatic heterocycles. The Hall–Kier alpha value is -1.37. The zero-order valence-corrected chi connectivity index (χ0v) is 14.1. The monoisotopic (exact) mass is 346 g/mol. The fourth-order valence-corrected chi connectivity index (χ4v) is 3.36. The predicted octanol–water partition coefficient (Wildman–Crippen LogP) is 4.07. The average Bonchev–Trinajstić information content (AvgIpc) is 2.46. The number of piperidine rings is 1. The summed E-state index contributed by atoms with van der Waals surface area (Å²) in [6, 6.07) is 5.62. The number of halogens is 3. The van der Waals surface area contributed by atoms with Crippen molar-refractivity contribution >= 4 is 23.4 Å². The number of anilines is 1. The van der Waals surface area contributed by atoms with Crippen LogP contribution in [0.4, 0.5) is 18.9 Å². The van der Waals surface area contributed by atoms with Crippen molar-refractivity contribution in [2.45, 2.75) is 43.8 Å². The van der Waals surface area contributed by atoms with Crippen LogP contribution in [0, 0.1) is 6.92 Å². The van der Waals surface area contributed by atoms with E-state index in [-0.39, 0.29) is 11.9 Å². The Labute approximate surface area is 138 Å². The van der Waals surface area contributed by atoms with Gasteiger partial charge in [0.15, 0.2) is 0 Å². The third-order valence-corrected chi connectivity index (χ3v) is 4.96. The quantitative estimate of drug-likeness (QED) is 0.834. The maximum Gasteiger partial charge on any atom is 0.398 e. The topological polar surface area (TPSA) is 32.3 Å². The van der Waals surface area contributed by atoms with Crippen LogP contribution in [-0.4, -0.2) is 41.9 Å². The van der Waals surface area contributed by atoms with Gasteiger partial charge in [-0.05, 0) is 37.5 Å². The molecule has 1 fully saturated rings. The summed E-state index contributed by atoms with van der Waals surface area (Å²) >= 11 is 0.805. The molecule has 0 bridgehead atoms. The molecule has 3 nitrogen and oxygen atoms in total. The van der Waals surface area contributed by atoms with E-state index in [0.717, 1.165) is 35.9 Å². The number of rotatable bonds is 4. The van der Waals surface area contributed by atoms with E-state index in [9.17, 15) is 18.0 Å². The number of nitrogens with one attached hydrogen (secondary N) is 1. The van der Waals surface area contributed by atoms with Gasteiger partial charge in [-0.1, -0.05) is 6.07 Å². The highest BCUT2D eigenvalue weighted by molar-refractivity contribution is 7.99. The third-order valence-electron chi connectivity index (χ3n) is 3.83. The fourth-order valence-electron chi connectivity index (χ4n) is 2.60. The number of aryl methyl sites for hydroxylation is 1. The Morgan fingerprint density at radius 2 is 2.00 bits per heavy atom. The lowest BCUT2D eigenvalue weighted by molar-refractivity contribution is -0.129. The molecule has 0 aliphatic carbocycles. The van der Waals surface area contributed by atoms with Crippen molar-refractivity contribution in [1.29, 1.82) is 0 Å². The minimum atomic E-state index is -4.18. The summed E-state index contributed by atoms with van der Waals surface area (Å²) in [5.41, 5.74) is 1.76. The molecular formula is C16H21F3N2OS. The minimum absolute atomic E-state index is 0.0698. The van der Waals surface area contributed by atoms with Crippen LogP contribution in [-0.2, 0) is 4.79 Å². The molecule has 1 heterocycles. The molecule has 0 unspecified atom stereocenters. The van der Waals surface area contributed by atoms with Crippen LogP contribution < -0.4 is 5.32 Å². The van der Waals surface area contributed by atoms with Gasteiger partial charge in [0.25, 0.3) is 0 Å². The Kier molecular flexibility index (Phi) is 5.84. The molecule has 0 radical (unpaired) electrons. The van der Waals surface area contributed by atoms with E-state index in [1.54, 1.807) is 17.9 Å².